The molecule has 0 radical (unpaired) electrons. The number of hydrogen-bond donors (Lipinski definition) is 5. The molecule has 7 heteroatoms. The van der Waals surface area contributed by atoms with Crippen molar-refractivity contribution in [2.75, 3.05) is 0 Å². The second-order valence-electron chi connectivity index (χ2n) is 5.76. The fourth-order valence-corrected chi connectivity index (χ4v) is 2.69. The van der Waals surface area contributed by atoms with Crippen molar-refractivity contribution in [1.29, 1.82) is 0 Å². The summed E-state index contributed by atoms with van der Waals surface area (Å²) in [6, 6.07) is 15.7. The van der Waals surface area contributed by atoms with Crippen LogP contribution in [0.4, 0.5) is 0 Å². The van der Waals surface area contributed by atoms with Gasteiger partial charge in [0.15, 0.2) is 11.5 Å². The van der Waals surface area contributed by atoms with Gasteiger partial charge >= 0.3 is 5.97 Å². The van der Waals surface area contributed by atoms with Gasteiger partial charge in [-0.25, -0.2) is 4.79 Å². The minimum Gasteiger partial charge on any atom is -0.506 e. The monoisotopic (exact) mass is 356 g/mol. The van der Waals surface area contributed by atoms with Crippen LogP contribution in [0.2, 0.25) is 0 Å². The van der Waals surface area contributed by atoms with Gasteiger partial charge in [-0.15, -0.1) is 0 Å². The number of aliphatic hydroxyl groups excluding tert-OH is 1. The Kier molecular flexibility index (Phi) is 4.29. The van der Waals surface area contributed by atoms with E-state index in [0.717, 1.165) is 0 Å². The normalized spacial score (nSPS) is 21.9. The van der Waals surface area contributed by atoms with E-state index in [-0.39, 0.29) is 11.3 Å². The molecule has 0 amide bonds. The molecular weight excluding hydrogens is 340 g/mol. The van der Waals surface area contributed by atoms with Crippen LogP contribution in [0.3, 0.4) is 0 Å². The lowest BCUT2D eigenvalue weighted by atomic mass is 9.80. The van der Waals surface area contributed by atoms with E-state index in [2.05, 4.69) is 0 Å². The standard InChI is InChI=1S/C19H16O7/c20-14-11-18(23,17(21)22)15(12-7-3-1-4-8-12)16(19(14,24)25)26-13-9-5-2-6-10-13/h1-11,20,23-25H,(H,21,22). The molecule has 0 saturated heterocycles. The van der Waals surface area contributed by atoms with Gasteiger partial charge in [0, 0.05) is 6.08 Å². The molecule has 134 valence electrons. The van der Waals surface area contributed by atoms with Gasteiger partial charge in [-0.1, -0.05) is 48.5 Å². The summed E-state index contributed by atoms with van der Waals surface area (Å²) >= 11 is 0. The minimum atomic E-state index is -3.03. The Bertz CT molecular complexity index is 885. The van der Waals surface area contributed by atoms with E-state index in [0.29, 0.717) is 6.08 Å². The van der Waals surface area contributed by atoms with Crippen molar-refractivity contribution in [3.05, 3.63) is 83.8 Å². The number of aliphatic hydroxyl groups is 4. The molecule has 0 fully saturated rings. The van der Waals surface area contributed by atoms with Crippen LogP contribution >= 0.6 is 0 Å². The van der Waals surface area contributed by atoms with E-state index in [4.69, 9.17) is 4.74 Å². The minimum absolute atomic E-state index is 0.158. The van der Waals surface area contributed by atoms with Crippen LogP contribution in [0.15, 0.2) is 78.3 Å². The number of benzene rings is 2. The van der Waals surface area contributed by atoms with Gasteiger partial charge in [0.05, 0.1) is 5.57 Å². The zero-order valence-electron chi connectivity index (χ0n) is 13.4. The number of para-hydroxylation sites is 1. The second-order valence-corrected chi connectivity index (χ2v) is 5.76. The smallest absolute Gasteiger partial charge is 0.344 e. The van der Waals surface area contributed by atoms with Gasteiger partial charge < -0.3 is 30.3 Å². The summed E-state index contributed by atoms with van der Waals surface area (Å²) < 4.78 is 5.51. The number of hydrogen-bond acceptors (Lipinski definition) is 6. The second kappa shape index (κ2) is 6.30. The average molecular weight is 356 g/mol. The van der Waals surface area contributed by atoms with Gasteiger partial charge in [-0.3, -0.25) is 0 Å². The van der Waals surface area contributed by atoms with Gasteiger partial charge in [-0.05, 0) is 17.7 Å². The number of rotatable bonds is 4. The van der Waals surface area contributed by atoms with Crippen molar-refractivity contribution >= 4 is 11.5 Å². The molecule has 7 nitrogen and oxygen atoms in total. The van der Waals surface area contributed by atoms with Crippen LogP contribution in [0.5, 0.6) is 5.75 Å². The third-order valence-electron chi connectivity index (χ3n) is 3.98. The molecule has 3 rings (SSSR count). The molecule has 0 saturated carbocycles. The molecule has 1 aliphatic carbocycles. The molecular formula is C19H16O7. The first kappa shape index (κ1) is 17.7. The zero-order chi connectivity index (χ0) is 18.9. The highest BCUT2D eigenvalue weighted by Crippen LogP contribution is 2.43. The van der Waals surface area contributed by atoms with Crippen LogP contribution in [0.1, 0.15) is 5.56 Å². The largest absolute Gasteiger partial charge is 0.506 e. The summed E-state index contributed by atoms with van der Waals surface area (Å²) in [5.74, 6) is -6.45. The number of ether oxygens (including phenoxy) is 1. The predicted octanol–water partition coefficient (Wildman–Crippen LogP) is 1.43. The van der Waals surface area contributed by atoms with Gasteiger partial charge in [0.2, 0.25) is 5.60 Å². The highest BCUT2D eigenvalue weighted by atomic mass is 16.6. The molecule has 2 aromatic carbocycles. The van der Waals surface area contributed by atoms with E-state index in [9.17, 15) is 30.3 Å². The Labute approximate surface area is 148 Å². The van der Waals surface area contributed by atoms with Crippen molar-refractivity contribution in [2.45, 2.75) is 11.4 Å². The van der Waals surface area contributed by atoms with Gasteiger partial charge in [0.1, 0.15) is 5.75 Å². The quantitative estimate of drug-likeness (QED) is 0.524. The summed E-state index contributed by atoms with van der Waals surface area (Å²) in [7, 11) is 0. The molecule has 0 aromatic heterocycles. The van der Waals surface area contributed by atoms with E-state index in [1.807, 2.05) is 0 Å². The third kappa shape index (κ3) is 2.84. The first-order chi connectivity index (χ1) is 12.3. The van der Waals surface area contributed by atoms with Crippen molar-refractivity contribution < 1.29 is 35.1 Å². The Balaban J connectivity index is 2.30. The first-order valence-corrected chi connectivity index (χ1v) is 7.63. The topological polar surface area (TPSA) is 127 Å². The lowest BCUT2D eigenvalue weighted by Crippen LogP contribution is -2.49. The van der Waals surface area contributed by atoms with Crippen LogP contribution < -0.4 is 4.74 Å². The zero-order valence-corrected chi connectivity index (χ0v) is 13.4. The predicted molar refractivity (Wildman–Crippen MR) is 90.9 cm³/mol. The fraction of sp³-hybridized carbons (Fsp3) is 0.105. The molecule has 26 heavy (non-hydrogen) atoms. The Morgan fingerprint density at radius 2 is 1.42 bits per heavy atom. The Morgan fingerprint density at radius 1 is 0.885 bits per heavy atom. The van der Waals surface area contributed by atoms with Crippen molar-refractivity contribution in [1.82, 2.24) is 0 Å². The van der Waals surface area contributed by atoms with Gasteiger partial charge in [0.25, 0.3) is 5.79 Å². The van der Waals surface area contributed by atoms with Crippen LogP contribution in [-0.2, 0) is 4.79 Å². The van der Waals surface area contributed by atoms with E-state index in [1.165, 1.54) is 24.3 Å². The number of carboxylic acid groups (broad SMARTS) is 1. The fourth-order valence-electron chi connectivity index (χ4n) is 2.69. The van der Waals surface area contributed by atoms with Crippen molar-refractivity contribution in [3.8, 4) is 5.75 Å². The van der Waals surface area contributed by atoms with E-state index in [1.54, 1.807) is 36.4 Å². The van der Waals surface area contributed by atoms with Crippen LogP contribution in [0, 0.1) is 0 Å². The van der Waals surface area contributed by atoms with Crippen molar-refractivity contribution in [2.24, 2.45) is 0 Å². The molecule has 0 bridgehead atoms. The molecule has 1 atom stereocenters. The lowest BCUT2D eigenvalue weighted by Gasteiger charge is -2.36. The summed E-state index contributed by atoms with van der Waals surface area (Å²) in [6.07, 6.45) is 0.468. The molecule has 0 aliphatic heterocycles. The summed E-state index contributed by atoms with van der Waals surface area (Å²) in [6.45, 7) is 0. The van der Waals surface area contributed by atoms with Gasteiger partial charge in [-0.2, -0.15) is 0 Å². The third-order valence-corrected chi connectivity index (χ3v) is 3.98. The highest BCUT2D eigenvalue weighted by molar-refractivity contribution is 5.99. The van der Waals surface area contributed by atoms with Crippen LogP contribution in [0.25, 0.3) is 5.57 Å². The maximum absolute atomic E-state index is 11.8. The summed E-state index contributed by atoms with van der Waals surface area (Å²) in [5.41, 5.74) is -2.96. The maximum atomic E-state index is 11.8. The lowest BCUT2D eigenvalue weighted by molar-refractivity contribution is -0.156. The molecule has 5 N–H and O–H groups in total. The molecule has 0 heterocycles. The Morgan fingerprint density at radius 3 is 1.96 bits per heavy atom. The number of aliphatic carboxylic acids is 1. The average Bonchev–Trinajstić information content (AvgIpc) is 2.61. The summed E-state index contributed by atoms with van der Waals surface area (Å²) in [5, 5.41) is 50.9. The van der Waals surface area contributed by atoms with Crippen LogP contribution in [-0.4, -0.2) is 42.9 Å². The number of carboxylic acids is 1. The molecule has 2 aromatic rings. The molecule has 1 aliphatic rings. The number of carbonyl (C=O) groups is 1. The van der Waals surface area contributed by atoms with E-state index >= 15 is 0 Å². The van der Waals surface area contributed by atoms with Crippen molar-refractivity contribution in [3.63, 3.8) is 0 Å². The Hall–Kier alpha value is -3.13. The summed E-state index contributed by atoms with van der Waals surface area (Å²) in [4.78, 5) is 11.8. The van der Waals surface area contributed by atoms with E-state index < -0.39 is 34.4 Å². The molecule has 0 spiro atoms. The maximum Gasteiger partial charge on any atom is 0.344 e. The SMILES string of the molecule is O=C(O)C1(O)C=C(O)C(O)(O)C(Oc2ccccc2)=C1c1ccccc1. The molecule has 1 unspecified atom stereocenters. The highest BCUT2D eigenvalue weighted by Gasteiger charge is 2.53. The first-order valence-electron chi connectivity index (χ1n) is 7.63.